The average molecular weight is 404 g/mol. The Kier molecular flexibility index (Phi) is 7.46. The number of rotatable bonds is 8. The maximum absolute atomic E-state index is 12.2. The molecule has 0 aliphatic carbocycles. The first-order valence-electron chi connectivity index (χ1n) is 9.48. The van der Waals surface area contributed by atoms with Crippen LogP contribution in [0.25, 0.3) is 0 Å². The maximum Gasteiger partial charge on any atom is 0.286 e. The lowest BCUT2D eigenvalue weighted by molar-refractivity contribution is 0.0383. The van der Waals surface area contributed by atoms with Crippen LogP contribution in [0.5, 0.6) is 0 Å². The van der Waals surface area contributed by atoms with E-state index >= 15 is 0 Å². The third-order valence-corrected chi connectivity index (χ3v) is 5.33. The summed E-state index contributed by atoms with van der Waals surface area (Å²) >= 11 is 1.30. The van der Waals surface area contributed by atoms with Gasteiger partial charge in [-0.05, 0) is 30.7 Å². The lowest BCUT2D eigenvalue weighted by Gasteiger charge is -2.26. The van der Waals surface area contributed by atoms with Gasteiger partial charge in [0.25, 0.3) is 11.8 Å². The van der Waals surface area contributed by atoms with Crippen molar-refractivity contribution in [1.82, 2.24) is 20.4 Å². The second kappa shape index (κ2) is 10.3. The smallest absolute Gasteiger partial charge is 0.286 e. The molecule has 9 heteroatoms. The molecule has 0 atom stereocenters. The highest BCUT2D eigenvalue weighted by Gasteiger charge is 2.14. The molecule has 2 heterocycles. The fourth-order valence-electron chi connectivity index (χ4n) is 2.80. The second-order valence-corrected chi connectivity index (χ2v) is 7.55. The van der Waals surface area contributed by atoms with E-state index in [0.717, 1.165) is 50.7 Å². The molecular weight excluding hydrogens is 378 g/mol. The average Bonchev–Trinajstić information content (AvgIpc) is 3.18. The topological polar surface area (TPSA) is 96.5 Å². The molecule has 28 heavy (non-hydrogen) atoms. The zero-order chi connectivity index (χ0) is 19.8. The van der Waals surface area contributed by atoms with E-state index in [9.17, 15) is 9.59 Å². The molecule has 2 aromatic rings. The fourth-order valence-corrected chi connectivity index (χ4v) is 3.64. The molecule has 8 nitrogen and oxygen atoms in total. The highest BCUT2D eigenvalue weighted by molar-refractivity contribution is 7.13. The van der Waals surface area contributed by atoms with Crippen LogP contribution < -0.4 is 10.6 Å². The highest BCUT2D eigenvalue weighted by Crippen LogP contribution is 2.15. The summed E-state index contributed by atoms with van der Waals surface area (Å²) in [6.45, 7) is 6.76. The summed E-state index contributed by atoms with van der Waals surface area (Å²) in [6.07, 6.45) is 1.78. The number of nitrogens with one attached hydrogen (secondary N) is 2. The number of aryl methyl sites for hydroxylation is 1. The number of anilines is 1. The Morgan fingerprint density at radius 2 is 1.89 bits per heavy atom. The van der Waals surface area contributed by atoms with Gasteiger partial charge in [-0.1, -0.05) is 18.3 Å². The summed E-state index contributed by atoms with van der Waals surface area (Å²) < 4.78 is 5.31. The van der Waals surface area contributed by atoms with Gasteiger partial charge in [-0.2, -0.15) is 0 Å². The van der Waals surface area contributed by atoms with Gasteiger partial charge >= 0.3 is 0 Å². The van der Waals surface area contributed by atoms with Gasteiger partial charge < -0.3 is 15.4 Å². The van der Waals surface area contributed by atoms with Crippen LogP contribution >= 0.6 is 11.3 Å². The van der Waals surface area contributed by atoms with Gasteiger partial charge in [0, 0.05) is 43.9 Å². The first-order valence-corrected chi connectivity index (χ1v) is 10.3. The number of hydrogen-bond acceptors (Lipinski definition) is 7. The monoisotopic (exact) mass is 403 g/mol. The van der Waals surface area contributed by atoms with Crippen molar-refractivity contribution in [3.8, 4) is 0 Å². The van der Waals surface area contributed by atoms with Crippen molar-refractivity contribution in [3.63, 3.8) is 0 Å². The summed E-state index contributed by atoms with van der Waals surface area (Å²) in [5.41, 5.74) is 1.17. The van der Waals surface area contributed by atoms with Gasteiger partial charge in [-0.25, -0.2) is 0 Å². The van der Waals surface area contributed by atoms with Crippen molar-refractivity contribution >= 4 is 28.8 Å². The first-order chi connectivity index (χ1) is 13.7. The van der Waals surface area contributed by atoms with Gasteiger partial charge in [0.15, 0.2) is 0 Å². The van der Waals surface area contributed by atoms with Gasteiger partial charge in [-0.15, -0.1) is 10.2 Å². The number of hydrogen-bond donors (Lipinski definition) is 2. The minimum absolute atomic E-state index is 0.125. The summed E-state index contributed by atoms with van der Waals surface area (Å²) in [4.78, 5) is 26.8. The second-order valence-electron chi connectivity index (χ2n) is 6.49. The molecule has 2 N–H and O–H groups in total. The zero-order valence-corrected chi connectivity index (χ0v) is 16.8. The number of aromatic nitrogens is 2. The molecule has 1 aromatic carbocycles. The van der Waals surface area contributed by atoms with Crippen molar-refractivity contribution in [2.24, 2.45) is 0 Å². The molecule has 1 aliphatic heterocycles. The lowest BCUT2D eigenvalue weighted by Crippen LogP contribution is -2.41. The van der Waals surface area contributed by atoms with Crippen LogP contribution in [0.4, 0.5) is 5.69 Å². The molecule has 3 rings (SSSR count). The summed E-state index contributed by atoms with van der Waals surface area (Å²) in [7, 11) is 0. The number of morpholine rings is 1. The number of ether oxygens (including phenoxy) is 1. The van der Waals surface area contributed by atoms with Crippen molar-refractivity contribution in [3.05, 3.63) is 39.8 Å². The summed E-state index contributed by atoms with van der Waals surface area (Å²) in [5, 5.41) is 14.8. The van der Waals surface area contributed by atoms with E-state index in [2.05, 4.69) is 32.7 Å². The van der Waals surface area contributed by atoms with E-state index in [1.165, 1.54) is 11.3 Å². The molecule has 1 aliphatic rings. The first kappa shape index (κ1) is 20.4. The third-order valence-electron chi connectivity index (χ3n) is 4.35. The quantitative estimate of drug-likeness (QED) is 0.698. The highest BCUT2D eigenvalue weighted by atomic mass is 32.1. The van der Waals surface area contributed by atoms with Crippen molar-refractivity contribution in [2.45, 2.75) is 19.8 Å². The van der Waals surface area contributed by atoms with E-state index in [4.69, 9.17) is 4.74 Å². The molecule has 1 aromatic heterocycles. The molecule has 2 amide bonds. The van der Waals surface area contributed by atoms with Crippen molar-refractivity contribution in [1.29, 1.82) is 0 Å². The predicted octanol–water partition coefficient (Wildman–Crippen LogP) is 1.80. The van der Waals surface area contributed by atoms with Crippen LogP contribution in [0.15, 0.2) is 24.3 Å². The van der Waals surface area contributed by atoms with Crippen molar-refractivity contribution < 1.29 is 14.3 Å². The Morgan fingerprint density at radius 3 is 2.61 bits per heavy atom. The molecule has 0 unspecified atom stereocenters. The lowest BCUT2D eigenvalue weighted by atomic mass is 10.2. The molecule has 0 radical (unpaired) electrons. The Bertz CT molecular complexity index is 787. The molecule has 0 saturated carbocycles. The number of benzene rings is 1. The molecule has 150 valence electrons. The van der Waals surface area contributed by atoms with Crippen LogP contribution in [0.3, 0.4) is 0 Å². The van der Waals surface area contributed by atoms with Gasteiger partial charge in [0.2, 0.25) is 5.01 Å². The number of carbonyl (C=O) groups is 2. The van der Waals surface area contributed by atoms with Crippen LogP contribution in [-0.2, 0) is 11.2 Å². The van der Waals surface area contributed by atoms with Crippen LogP contribution in [0.2, 0.25) is 0 Å². The SMILES string of the molecule is CCCc1nnc(C(=O)Nc2ccc(C(=O)NCCN3CCOCC3)cc2)s1. The largest absolute Gasteiger partial charge is 0.379 e. The Balaban J connectivity index is 1.46. The van der Waals surface area contributed by atoms with E-state index in [-0.39, 0.29) is 11.8 Å². The number of amides is 2. The maximum atomic E-state index is 12.2. The molecular formula is C19H25N5O3S. The number of nitrogens with zero attached hydrogens (tertiary/aromatic N) is 3. The molecule has 0 spiro atoms. The Morgan fingerprint density at radius 1 is 1.14 bits per heavy atom. The predicted molar refractivity (Wildman–Crippen MR) is 108 cm³/mol. The Labute approximate surface area is 168 Å². The summed E-state index contributed by atoms with van der Waals surface area (Å²) in [6, 6.07) is 6.82. The minimum Gasteiger partial charge on any atom is -0.379 e. The van der Waals surface area contributed by atoms with Crippen LogP contribution in [-0.4, -0.2) is 66.3 Å². The zero-order valence-electron chi connectivity index (χ0n) is 15.9. The van der Waals surface area contributed by atoms with E-state index in [0.29, 0.717) is 22.8 Å². The summed E-state index contributed by atoms with van der Waals surface area (Å²) in [5.74, 6) is -0.415. The van der Waals surface area contributed by atoms with Crippen molar-refractivity contribution in [2.75, 3.05) is 44.7 Å². The van der Waals surface area contributed by atoms with Crippen LogP contribution in [0, 0.1) is 0 Å². The normalized spacial score (nSPS) is 14.6. The van der Waals surface area contributed by atoms with E-state index in [1.807, 2.05) is 0 Å². The molecule has 0 bridgehead atoms. The molecule has 1 saturated heterocycles. The Hall–Kier alpha value is -2.36. The van der Waals surface area contributed by atoms with Gasteiger partial charge in [0.1, 0.15) is 5.01 Å². The minimum atomic E-state index is -0.289. The van der Waals surface area contributed by atoms with E-state index < -0.39 is 0 Å². The standard InChI is InChI=1S/C19H25N5O3S/c1-2-3-16-22-23-19(28-16)18(26)21-15-6-4-14(5-7-15)17(25)20-8-9-24-10-12-27-13-11-24/h4-7H,2-3,8-13H2,1H3,(H,20,25)(H,21,26). The molecule has 1 fully saturated rings. The fraction of sp³-hybridized carbons (Fsp3) is 0.474. The van der Waals surface area contributed by atoms with Gasteiger partial charge in [0.05, 0.1) is 13.2 Å². The number of carbonyl (C=O) groups excluding carboxylic acids is 2. The van der Waals surface area contributed by atoms with Crippen LogP contribution in [0.1, 0.15) is 38.5 Å². The van der Waals surface area contributed by atoms with E-state index in [1.54, 1.807) is 24.3 Å². The van der Waals surface area contributed by atoms with Gasteiger partial charge in [-0.3, -0.25) is 14.5 Å². The third kappa shape index (κ3) is 5.82.